The largest absolute Gasteiger partial charge is 0.332 e. The zero-order valence-corrected chi connectivity index (χ0v) is 16.0. The van der Waals surface area contributed by atoms with Gasteiger partial charge in [0.15, 0.2) is 0 Å². The molecule has 0 saturated carbocycles. The molecule has 2 aromatic carbocycles. The molecule has 3 rings (SSSR count). The van der Waals surface area contributed by atoms with E-state index in [0.29, 0.717) is 5.69 Å². The third kappa shape index (κ3) is 5.01. The molecule has 2 aromatic rings. The van der Waals surface area contributed by atoms with Gasteiger partial charge in [0, 0.05) is 23.3 Å². The monoisotopic (exact) mass is 387 g/mol. The second kappa shape index (κ2) is 8.43. The predicted octanol–water partition coefficient (Wildman–Crippen LogP) is 4.38. The molecule has 0 radical (unpaired) electrons. The van der Waals surface area contributed by atoms with Crippen molar-refractivity contribution >= 4 is 29.4 Å². The highest BCUT2D eigenvalue weighted by Crippen LogP contribution is 2.36. The molecule has 2 atom stereocenters. The second-order valence-electron chi connectivity index (χ2n) is 6.52. The maximum atomic E-state index is 13.6. The van der Waals surface area contributed by atoms with E-state index in [1.807, 2.05) is 25.1 Å². The molecule has 0 spiro atoms. The summed E-state index contributed by atoms with van der Waals surface area (Å²) in [7, 11) is 0. The molecule has 5 nitrogen and oxygen atoms in total. The number of hydrogen-bond donors (Lipinski definition) is 3. The minimum atomic E-state index is -0.306. The highest BCUT2D eigenvalue weighted by molar-refractivity contribution is 7.99. The summed E-state index contributed by atoms with van der Waals surface area (Å²) < 4.78 is 13.6. The molecular formula is C20H22FN3O2S. The van der Waals surface area contributed by atoms with Gasteiger partial charge in [-0.3, -0.25) is 4.79 Å². The first-order valence-corrected chi connectivity index (χ1v) is 9.78. The van der Waals surface area contributed by atoms with Gasteiger partial charge in [-0.2, -0.15) is 0 Å². The van der Waals surface area contributed by atoms with Crippen LogP contribution in [-0.4, -0.2) is 17.7 Å². The number of anilines is 1. The Labute approximate surface area is 162 Å². The van der Waals surface area contributed by atoms with Gasteiger partial charge >= 0.3 is 6.03 Å². The smallest absolute Gasteiger partial charge is 0.315 e. The van der Waals surface area contributed by atoms with Gasteiger partial charge in [-0.25, -0.2) is 9.18 Å². The van der Waals surface area contributed by atoms with E-state index in [1.54, 1.807) is 23.9 Å². The zero-order chi connectivity index (χ0) is 19.4. The molecule has 7 heteroatoms. The van der Waals surface area contributed by atoms with Gasteiger partial charge < -0.3 is 16.0 Å². The molecule has 0 bridgehead atoms. The lowest BCUT2D eigenvalue weighted by Gasteiger charge is -2.27. The number of thioether (sulfide) groups is 1. The zero-order valence-electron chi connectivity index (χ0n) is 15.2. The topological polar surface area (TPSA) is 70.2 Å². The molecule has 1 heterocycles. The van der Waals surface area contributed by atoms with Crippen molar-refractivity contribution in [2.75, 3.05) is 11.1 Å². The van der Waals surface area contributed by atoms with Crippen molar-refractivity contribution < 1.29 is 14.0 Å². The van der Waals surface area contributed by atoms with E-state index in [9.17, 15) is 14.0 Å². The van der Waals surface area contributed by atoms with Crippen LogP contribution in [0, 0.1) is 5.82 Å². The highest BCUT2D eigenvalue weighted by atomic mass is 32.2. The van der Waals surface area contributed by atoms with Crippen molar-refractivity contribution in [3.63, 3.8) is 0 Å². The van der Waals surface area contributed by atoms with Crippen LogP contribution in [-0.2, 0) is 4.79 Å². The van der Waals surface area contributed by atoms with Crippen LogP contribution in [0.4, 0.5) is 14.9 Å². The lowest BCUT2D eigenvalue weighted by atomic mass is 10.0. The number of benzene rings is 2. The van der Waals surface area contributed by atoms with Crippen LogP contribution in [0.5, 0.6) is 0 Å². The second-order valence-corrected chi connectivity index (χ2v) is 7.65. The molecule has 0 aromatic heterocycles. The van der Waals surface area contributed by atoms with Crippen molar-refractivity contribution in [1.82, 2.24) is 10.6 Å². The third-order valence-electron chi connectivity index (χ3n) is 4.37. The number of carbonyl (C=O) groups excluding carboxylic acids is 2. The van der Waals surface area contributed by atoms with E-state index in [-0.39, 0.29) is 29.8 Å². The lowest BCUT2D eigenvalue weighted by molar-refractivity contribution is -0.114. The van der Waals surface area contributed by atoms with Gasteiger partial charge in [-0.05, 0) is 54.8 Å². The fourth-order valence-electron chi connectivity index (χ4n) is 3.08. The molecule has 142 valence electrons. The van der Waals surface area contributed by atoms with Gasteiger partial charge in [0.05, 0.1) is 12.1 Å². The SMILES string of the molecule is CC(=O)Nc1cccc([C@H](C)NC(=O)N[C@H]2CCSc3ccc(F)cc32)c1. The molecule has 0 aliphatic carbocycles. The molecule has 1 aliphatic heterocycles. The Morgan fingerprint density at radius 3 is 2.81 bits per heavy atom. The maximum absolute atomic E-state index is 13.6. The van der Waals surface area contributed by atoms with Gasteiger partial charge in [0.1, 0.15) is 5.82 Å². The Morgan fingerprint density at radius 1 is 1.22 bits per heavy atom. The summed E-state index contributed by atoms with van der Waals surface area (Å²) >= 11 is 1.67. The summed E-state index contributed by atoms with van der Waals surface area (Å²) in [5, 5.41) is 8.59. The number of halogens is 1. The Balaban J connectivity index is 1.65. The minimum absolute atomic E-state index is 0.147. The fraction of sp³-hybridized carbons (Fsp3) is 0.300. The number of rotatable bonds is 4. The number of amides is 3. The van der Waals surface area contributed by atoms with Crippen molar-refractivity contribution in [2.24, 2.45) is 0 Å². The third-order valence-corrected chi connectivity index (χ3v) is 5.49. The molecule has 0 fully saturated rings. The molecule has 3 amide bonds. The summed E-state index contributed by atoms with van der Waals surface area (Å²) in [5.41, 5.74) is 2.38. The van der Waals surface area contributed by atoms with Crippen molar-refractivity contribution in [3.8, 4) is 0 Å². The Morgan fingerprint density at radius 2 is 2.04 bits per heavy atom. The first-order chi connectivity index (χ1) is 12.9. The Hall–Kier alpha value is -2.54. The average molecular weight is 387 g/mol. The van der Waals surface area contributed by atoms with E-state index in [1.165, 1.54) is 19.1 Å². The van der Waals surface area contributed by atoms with E-state index in [0.717, 1.165) is 28.2 Å². The number of fused-ring (bicyclic) bond motifs is 1. The van der Waals surface area contributed by atoms with Gasteiger partial charge in [-0.1, -0.05) is 12.1 Å². The van der Waals surface area contributed by atoms with E-state index in [2.05, 4.69) is 16.0 Å². The van der Waals surface area contributed by atoms with Crippen LogP contribution < -0.4 is 16.0 Å². The first-order valence-electron chi connectivity index (χ1n) is 8.79. The van der Waals surface area contributed by atoms with E-state index in [4.69, 9.17) is 0 Å². The molecule has 1 aliphatic rings. The number of nitrogens with one attached hydrogen (secondary N) is 3. The maximum Gasteiger partial charge on any atom is 0.315 e. The van der Waals surface area contributed by atoms with E-state index < -0.39 is 0 Å². The lowest BCUT2D eigenvalue weighted by Crippen LogP contribution is -2.40. The Kier molecular flexibility index (Phi) is 6.01. The quantitative estimate of drug-likeness (QED) is 0.729. The summed E-state index contributed by atoms with van der Waals surface area (Å²) in [6.07, 6.45) is 0.751. The molecule has 27 heavy (non-hydrogen) atoms. The molecule has 0 unspecified atom stereocenters. The van der Waals surface area contributed by atoms with Crippen LogP contribution in [0.1, 0.15) is 43.5 Å². The van der Waals surface area contributed by atoms with Crippen LogP contribution in [0.15, 0.2) is 47.4 Å². The number of hydrogen-bond acceptors (Lipinski definition) is 3. The standard InChI is InChI=1S/C20H22FN3O2S/c1-12(14-4-3-5-16(10-14)23-13(2)25)22-20(26)24-18-8-9-27-19-7-6-15(21)11-17(18)19/h3-7,10-12,18H,8-9H2,1-2H3,(H,23,25)(H2,22,24,26)/t12-,18-/m0/s1. The highest BCUT2D eigenvalue weighted by Gasteiger charge is 2.23. The summed E-state index contributed by atoms with van der Waals surface area (Å²) in [6, 6.07) is 11.3. The van der Waals surface area contributed by atoms with Gasteiger partial charge in [0.25, 0.3) is 0 Å². The fourth-order valence-corrected chi connectivity index (χ4v) is 4.19. The van der Waals surface area contributed by atoms with Crippen molar-refractivity contribution in [1.29, 1.82) is 0 Å². The first kappa shape index (κ1) is 19.2. The van der Waals surface area contributed by atoms with Crippen LogP contribution >= 0.6 is 11.8 Å². The number of carbonyl (C=O) groups is 2. The van der Waals surface area contributed by atoms with E-state index >= 15 is 0 Å². The van der Waals surface area contributed by atoms with Crippen LogP contribution in [0.25, 0.3) is 0 Å². The summed E-state index contributed by atoms with van der Waals surface area (Å²) in [5.74, 6) is 0.427. The van der Waals surface area contributed by atoms with Crippen LogP contribution in [0.2, 0.25) is 0 Å². The van der Waals surface area contributed by atoms with Crippen LogP contribution in [0.3, 0.4) is 0 Å². The normalized spacial score (nSPS) is 16.8. The summed E-state index contributed by atoms with van der Waals surface area (Å²) in [6.45, 7) is 3.32. The molecule has 3 N–H and O–H groups in total. The number of urea groups is 1. The van der Waals surface area contributed by atoms with Crippen molar-refractivity contribution in [2.45, 2.75) is 37.2 Å². The average Bonchev–Trinajstić information content (AvgIpc) is 2.62. The van der Waals surface area contributed by atoms with Gasteiger partial charge in [-0.15, -0.1) is 11.8 Å². The summed E-state index contributed by atoms with van der Waals surface area (Å²) in [4.78, 5) is 24.7. The molecule has 0 saturated heterocycles. The molecular weight excluding hydrogens is 365 g/mol. The minimum Gasteiger partial charge on any atom is -0.332 e. The Bertz CT molecular complexity index is 859. The van der Waals surface area contributed by atoms with Gasteiger partial charge in [0.2, 0.25) is 5.91 Å². The predicted molar refractivity (Wildman–Crippen MR) is 105 cm³/mol. The van der Waals surface area contributed by atoms with Crippen molar-refractivity contribution in [3.05, 3.63) is 59.4 Å².